The quantitative estimate of drug-likeness (QED) is 0.551. The minimum Gasteiger partial charge on any atom is -0.339 e. The number of rotatable bonds is 5. The number of thiazole rings is 1. The van der Waals surface area contributed by atoms with Crippen molar-refractivity contribution in [3.8, 4) is 10.6 Å². The molecule has 1 atom stereocenters. The van der Waals surface area contributed by atoms with Crippen molar-refractivity contribution >= 4 is 17.2 Å². The van der Waals surface area contributed by atoms with E-state index in [4.69, 9.17) is 0 Å². The Kier molecular flexibility index (Phi) is 5.21. The van der Waals surface area contributed by atoms with Crippen LogP contribution in [0.2, 0.25) is 0 Å². The van der Waals surface area contributed by atoms with E-state index >= 15 is 0 Å². The number of benzene rings is 1. The van der Waals surface area contributed by atoms with Crippen molar-refractivity contribution in [3.05, 3.63) is 101 Å². The summed E-state index contributed by atoms with van der Waals surface area (Å²) in [5.41, 5.74) is 3.37. The fraction of sp³-hybridized carbons (Fsp3) is 0.0909. The molecule has 0 saturated heterocycles. The number of carbonyl (C=O) groups is 1. The topological polar surface area (TPSA) is 67.8 Å². The fourth-order valence-electron chi connectivity index (χ4n) is 2.94. The van der Waals surface area contributed by atoms with Crippen molar-refractivity contribution in [2.24, 2.45) is 0 Å². The van der Waals surface area contributed by atoms with E-state index in [-0.39, 0.29) is 11.9 Å². The Bertz CT molecular complexity index is 1030. The van der Waals surface area contributed by atoms with Gasteiger partial charge in [0.25, 0.3) is 5.91 Å². The van der Waals surface area contributed by atoms with Crippen LogP contribution >= 0.6 is 11.3 Å². The summed E-state index contributed by atoms with van der Waals surface area (Å²) in [4.78, 5) is 26.8. The zero-order valence-electron chi connectivity index (χ0n) is 15.2. The molecule has 1 amide bonds. The lowest BCUT2D eigenvalue weighted by atomic mass is 10.0. The largest absolute Gasteiger partial charge is 0.339 e. The van der Waals surface area contributed by atoms with Gasteiger partial charge in [-0.2, -0.15) is 0 Å². The highest BCUT2D eigenvalue weighted by molar-refractivity contribution is 7.17. The maximum absolute atomic E-state index is 13.1. The third kappa shape index (κ3) is 3.82. The Morgan fingerprint density at radius 1 is 1.00 bits per heavy atom. The smallest absolute Gasteiger partial charge is 0.264 e. The van der Waals surface area contributed by atoms with Gasteiger partial charge in [-0.25, -0.2) is 4.98 Å². The first-order valence-corrected chi connectivity index (χ1v) is 9.68. The molecule has 0 aliphatic rings. The molecule has 0 radical (unpaired) electrons. The number of hydrogen-bond acceptors (Lipinski definition) is 5. The minimum absolute atomic E-state index is 0.162. The number of hydrogen-bond donors (Lipinski definition) is 1. The predicted octanol–water partition coefficient (Wildman–Crippen LogP) is 4.43. The molecule has 3 aromatic heterocycles. The molecule has 0 spiro atoms. The molecule has 6 heteroatoms. The van der Waals surface area contributed by atoms with E-state index in [2.05, 4.69) is 20.3 Å². The zero-order chi connectivity index (χ0) is 19.3. The summed E-state index contributed by atoms with van der Waals surface area (Å²) in [6.45, 7) is 1.85. The predicted molar refractivity (Wildman–Crippen MR) is 110 cm³/mol. The van der Waals surface area contributed by atoms with Crippen LogP contribution < -0.4 is 5.32 Å². The van der Waals surface area contributed by atoms with Crippen LogP contribution in [0.4, 0.5) is 0 Å². The van der Waals surface area contributed by atoms with E-state index in [1.165, 1.54) is 11.3 Å². The van der Waals surface area contributed by atoms with Crippen LogP contribution in [0.25, 0.3) is 10.6 Å². The van der Waals surface area contributed by atoms with Gasteiger partial charge in [0.15, 0.2) is 0 Å². The van der Waals surface area contributed by atoms with E-state index in [1.54, 1.807) is 18.6 Å². The standard InChI is InChI=1S/C22H18N4OS/c1-15-20(28-22(25-15)17-10-7-12-23-14-17)21(27)26-19(16-8-3-2-4-9-16)18-11-5-6-13-24-18/h2-14,19H,1H3,(H,26,27). The van der Waals surface area contributed by atoms with Crippen LogP contribution in [-0.4, -0.2) is 20.9 Å². The Morgan fingerprint density at radius 3 is 2.54 bits per heavy atom. The van der Waals surface area contributed by atoms with E-state index in [1.807, 2.05) is 67.6 Å². The molecule has 0 bridgehead atoms. The fourth-order valence-corrected chi connectivity index (χ4v) is 3.90. The number of aromatic nitrogens is 3. The molecule has 0 saturated carbocycles. The highest BCUT2D eigenvalue weighted by Crippen LogP contribution is 2.28. The molecule has 138 valence electrons. The van der Waals surface area contributed by atoms with Gasteiger partial charge in [0.2, 0.25) is 0 Å². The lowest BCUT2D eigenvalue weighted by molar-refractivity contribution is 0.0945. The highest BCUT2D eigenvalue weighted by atomic mass is 32.1. The average molecular weight is 386 g/mol. The number of aryl methyl sites for hydroxylation is 1. The summed E-state index contributed by atoms with van der Waals surface area (Å²) in [5, 5.41) is 3.91. The number of carbonyl (C=O) groups excluding carboxylic acids is 1. The summed E-state index contributed by atoms with van der Waals surface area (Å²) in [5.74, 6) is -0.162. The van der Waals surface area contributed by atoms with Crippen molar-refractivity contribution in [1.29, 1.82) is 0 Å². The molecular formula is C22H18N4OS. The van der Waals surface area contributed by atoms with Gasteiger partial charge < -0.3 is 5.32 Å². The average Bonchev–Trinajstić information content (AvgIpc) is 3.15. The molecule has 0 aliphatic heterocycles. The number of amides is 1. The Hall–Kier alpha value is -3.38. The summed E-state index contributed by atoms with van der Waals surface area (Å²) in [7, 11) is 0. The van der Waals surface area contributed by atoms with Crippen LogP contribution in [0.15, 0.2) is 79.3 Å². The monoisotopic (exact) mass is 386 g/mol. The number of nitrogens with zero attached hydrogens (tertiary/aromatic N) is 3. The summed E-state index contributed by atoms with van der Waals surface area (Å²) in [6, 6.07) is 19.0. The SMILES string of the molecule is Cc1nc(-c2cccnc2)sc1C(=O)NC(c1ccccc1)c1ccccn1. The minimum atomic E-state index is -0.335. The van der Waals surface area contributed by atoms with Crippen LogP contribution in [0, 0.1) is 6.92 Å². The van der Waals surface area contributed by atoms with Gasteiger partial charge >= 0.3 is 0 Å². The maximum atomic E-state index is 13.1. The van der Waals surface area contributed by atoms with Crippen LogP contribution in [0.3, 0.4) is 0 Å². The van der Waals surface area contributed by atoms with E-state index in [9.17, 15) is 4.79 Å². The van der Waals surface area contributed by atoms with Gasteiger partial charge in [0, 0.05) is 24.2 Å². The first kappa shape index (κ1) is 18.0. The zero-order valence-corrected chi connectivity index (χ0v) is 16.1. The molecule has 3 heterocycles. The highest BCUT2D eigenvalue weighted by Gasteiger charge is 2.22. The summed E-state index contributed by atoms with van der Waals surface area (Å²) < 4.78 is 0. The normalized spacial score (nSPS) is 11.8. The third-order valence-electron chi connectivity index (χ3n) is 4.30. The van der Waals surface area contributed by atoms with E-state index in [0.29, 0.717) is 10.6 Å². The molecule has 0 fully saturated rings. The first-order chi connectivity index (χ1) is 13.7. The van der Waals surface area contributed by atoms with Gasteiger partial charge in [-0.15, -0.1) is 11.3 Å². The van der Waals surface area contributed by atoms with Crippen molar-refractivity contribution in [1.82, 2.24) is 20.3 Å². The number of pyridine rings is 2. The third-order valence-corrected chi connectivity index (χ3v) is 5.51. The van der Waals surface area contributed by atoms with Crippen LogP contribution in [-0.2, 0) is 0 Å². The molecule has 4 aromatic rings. The lowest BCUT2D eigenvalue weighted by Gasteiger charge is -2.18. The molecular weight excluding hydrogens is 368 g/mol. The second-order valence-electron chi connectivity index (χ2n) is 6.25. The van der Waals surface area contributed by atoms with Gasteiger partial charge in [-0.3, -0.25) is 14.8 Å². The Labute approximate surface area is 167 Å². The summed E-state index contributed by atoms with van der Waals surface area (Å²) in [6.07, 6.45) is 5.20. The van der Waals surface area contributed by atoms with Crippen LogP contribution in [0.1, 0.15) is 32.7 Å². The Balaban J connectivity index is 1.65. The van der Waals surface area contributed by atoms with Gasteiger partial charge in [-0.05, 0) is 36.8 Å². The van der Waals surface area contributed by atoms with Gasteiger partial charge in [0.05, 0.1) is 17.4 Å². The van der Waals surface area contributed by atoms with Crippen molar-refractivity contribution < 1.29 is 4.79 Å². The molecule has 28 heavy (non-hydrogen) atoms. The Morgan fingerprint density at radius 2 is 1.82 bits per heavy atom. The molecule has 4 rings (SSSR count). The summed E-state index contributed by atoms with van der Waals surface area (Å²) >= 11 is 1.37. The van der Waals surface area contributed by atoms with Crippen molar-refractivity contribution in [2.75, 3.05) is 0 Å². The van der Waals surface area contributed by atoms with Crippen molar-refractivity contribution in [3.63, 3.8) is 0 Å². The van der Waals surface area contributed by atoms with E-state index < -0.39 is 0 Å². The van der Waals surface area contributed by atoms with Gasteiger partial charge in [0.1, 0.15) is 9.88 Å². The second-order valence-corrected chi connectivity index (χ2v) is 7.25. The van der Waals surface area contributed by atoms with E-state index in [0.717, 1.165) is 21.8 Å². The van der Waals surface area contributed by atoms with Crippen LogP contribution in [0.5, 0.6) is 0 Å². The number of nitrogens with one attached hydrogen (secondary N) is 1. The maximum Gasteiger partial charge on any atom is 0.264 e. The molecule has 1 unspecified atom stereocenters. The van der Waals surface area contributed by atoms with Gasteiger partial charge in [-0.1, -0.05) is 36.4 Å². The molecule has 5 nitrogen and oxygen atoms in total. The lowest BCUT2D eigenvalue weighted by Crippen LogP contribution is -2.29. The van der Waals surface area contributed by atoms with Crippen molar-refractivity contribution in [2.45, 2.75) is 13.0 Å². The second kappa shape index (κ2) is 8.10. The molecule has 1 N–H and O–H groups in total. The first-order valence-electron chi connectivity index (χ1n) is 8.87. The molecule has 0 aliphatic carbocycles. The molecule has 1 aromatic carbocycles.